The molecule has 3 aliphatic rings. The Kier molecular flexibility index (Phi) is 10.7. The van der Waals surface area contributed by atoms with Gasteiger partial charge in [0.2, 0.25) is 0 Å². The molecule has 0 unspecified atom stereocenters. The quantitative estimate of drug-likeness (QED) is 0.188. The highest BCUT2D eigenvalue weighted by atomic mass is 35.5. The van der Waals surface area contributed by atoms with Crippen LogP contribution in [-0.4, -0.2) is 76.8 Å². The fraction of sp³-hybridized carbons (Fsp3) is 0.268. The molecule has 1 saturated heterocycles. The number of morpholine rings is 1. The summed E-state index contributed by atoms with van der Waals surface area (Å²) in [5, 5.41) is 10.5. The average Bonchev–Trinajstić information content (AvgIpc) is 3.56. The van der Waals surface area contributed by atoms with Crippen LogP contribution in [0.3, 0.4) is 0 Å². The number of para-hydroxylation sites is 1. The topological polar surface area (TPSA) is 87.5 Å². The summed E-state index contributed by atoms with van der Waals surface area (Å²) in [6.07, 6.45) is 0.769. The molecule has 4 aromatic carbocycles. The van der Waals surface area contributed by atoms with E-state index in [4.69, 9.17) is 21.1 Å². The summed E-state index contributed by atoms with van der Waals surface area (Å²) in [7, 11) is 0. The molecular formula is C41H40Cl2N4O5. The van der Waals surface area contributed by atoms with Crippen LogP contribution >= 0.6 is 24.0 Å². The minimum absolute atomic E-state index is 0. The van der Waals surface area contributed by atoms with Crippen LogP contribution in [0.4, 0.5) is 11.4 Å². The van der Waals surface area contributed by atoms with E-state index < -0.39 is 0 Å². The number of carbonyl (C=O) groups is 2. The highest BCUT2D eigenvalue weighted by Gasteiger charge is 2.35. The van der Waals surface area contributed by atoms with E-state index in [1.54, 1.807) is 35.2 Å². The normalized spacial score (nSPS) is 17.1. The summed E-state index contributed by atoms with van der Waals surface area (Å²) in [4.78, 5) is 35.6. The lowest BCUT2D eigenvalue weighted by Crippen LogP contribution is -2.52. The fourth-order valence-corrected chi connectivity index (χ4v) is 7.73. The number of aromatic nitrogens is 1. The number of phenolic OH excluding ortho intramolecular Hbond substituents is 1. The van der Waals surface area contributed by atoms with Crippen molar-refractivity contribution < 1.29 is 24.2 Å². The number of hydrogen-bond donors (Lipinski definition) is 1. The molecule has 0 saturated carbocycles. The van der Waals surface area contributed by atoms with Gasteiger partial charge in [0.15, 0.2) is 0 Å². The largest absolute Gasteiger partial charge is 0.508 e. The van der Waals surface area contributed by atoms with Crippen LogP contribution in [-0.2, 0) is 35.6 Å². The van der Waals surface area contributed by atoms with E-state index in [2.05, 4.69) is 27.7 Å². The first-order valence-electron chi connectivity index (χ1n) is 17.4. The third-order valence-corrected chi connectivity index (χ3v) is 10.4. The Morgan fingerprint density at radius 3 is 2.25 bits per heavy atom. The van der Waals surface area contributed by atoms with Crippen molar-refractivity contribution in [3.8, 4) is 17.0 Å². The van der Waals surface area contributed by atoms with Crippen molar-refractivity contribution in [1.82, 2.24) is 14.4 Å². The van der Waals surface area contributed by atoms with Crippen LogP contribution in [0.2, 0.25) is 5.02 Å². The number of carbonyl (C=O) groups excluding carboxylic acids is 2. The maximum atomic E-state index is 14.9. The number of halogens is 2. The van der Waals surface area contributed by atoms with Crippen LogP contribution in [0.1, 0.15) is 37.5 Å². The van der Waals surface area contributed by atoms with Crippen LogP contribution in [0, 0.1) is 0 Å². The highest BCUT2D eigenvalue weighted by Crippen LogP contribution is 2.37. The molecule has 4 heterocycles. The van der Waals surface area contributed by atoms with Gasteiger partial charge in [0, 0.05) is 66.3 Å². The summed E-state index contributed by atoms with van der Waals surface area (Å²) in [5.41, 5.74) is 6.87. The molecule has 8 rings (SSSR count). The zero-order chi connectivity index (χ0) is 34.9. The molecule has 0 bridgehead atoms. The number of hydrogen-bond acceptors (Lipinski definition) is 6. The smallest absolute Gasteiger partial charge is 0.264 e. The van der Waals surface area contributed by atoms with Crippen LogP contribution in [0.5, 0.6) is 5.75 Å². The van der Waals surface area contributed by atoms with Gasteiger partial charge in [-0.25, -0.2) is 0 Å². The molecule has 0 spiro atoms. The number of rotatable bonds is 7. The Hall–Kier alpha value is -4.64. The minimum Gasteiger partial charge on any atom is -0.508 e. The van der Waals surface area contributed by atoms with E-state index >= 15 is 0 Å². The Bertz CT molecular complexity index is 2060. The van der Waals surface area contributed by atoms with Crippen LogP contribution in [0.25, 0.3) is 11.3 Å². The predicted molar refractivity (Wildman–Crippen MR) is 204 cm³/mol. The maximum absolute atomic E-state index is 14.9. The molecule has 268 valence electrons. The van der Waals surface area contributed by atoms with Crippen molar-refractivity contribution in [3.63, 3.8) is 0 Å². The third-order valence-electron chi connectivity index (χ3n) is 10.1. The summed E-state index contributed by atoms with van der Waals surface area (Å²) in [6, 6.07) is 31.7. The van der Waals surface area contributed by atoms with E-state index in [1.165, 1.54) is 5.56 Å². The molecular weight excluding hydrogens is 699 g/mol. The Morgan fingerprint density at radius 2 is 1.48 bits per heavy atom. The lowest BCUT2D eigenvalue weighted by Gasteiger charge is -2.40. The fourth-order valence-electron chi connectivity index (χ4n) is 7.56. The molecule has 0 radical (unpaired) electrons. The number of benzene rings is 4. The number of amides is 2. The van der Waals surface area contributed by atoms with Crippen LogP contribution in [0.15, 0.2) is 103 Å². The monoisotopic (exact) mass is 738 g/mol. The van der Waals surface area contributed by atoms with Gasteiger partial charge in [0.25, 0.3) is 11.8 Å². The highest BCUT2D eigenvalue weighted by molar-refractivity contribution is 6.31. The zero-order valence-electron chi connectivity index (χ0n) is 28.6. The Balaban J connectivity index is 0.00000420. The minimum atomic E-state index is -0.250. The van der Waals surface area contributed by atoms with Gasteiger partial charge in [-0.2, -0.15) is 0 Å². The van der Waals surface area contributed by atoms with Gasteiger partial charge in [-0.3, -0.25) is 19.4 Å². The van der Waals surface area contributed by atoms with Gasteiger partial charge in [-0.1, -0.05) is 54.1 Å². The second-order valence-electron chi connectivity index (χ2n) is 13.2. The molecule has 1 atom stereocenters. The second-order valence-corrected chi connectivity index (χ2v) is 13.7. The van der Waals surface area contributed by atoms with Crippen LogP contribution < -0.4 is 4.90 Å². The number of anilines is 2. The van der Waals surface area contributed by atoms with Crippen molar-refractivity contribution in [2.24, 2.45) is 0 Å². The SMILES string of the molecule is Cl.O=C(c1cc(-c2cc(Cl)ccc2C(=O)N2Cc3ccccc3C[C@H]2CN2CCOCC2)n2c1COCC2)N(c1ccccc1)c1ccc(O)cc1. The summed E-state index contributed by atoms with van der Waals surface area (Å²) >= 11 is 6.68. The molecule has 1 N–H and O–H groups in total. The molecule has 11 heteroatoms. The van der Waals surface area contributed by atoms with Crippen molar-refractivity contribution >= 4 is 47.2 Å². The molecule has 52 heavy (non-hydrogen) atoms. The molecule has 1 fully saturated rings. The molecule has 0 aliphatic carbocycles. The van der Waals surface area contributed by atoms with Gasteiger partial charge in [-0.15, -0.1) is 12.4 Å². The van der Waals surface area contributed by atoms with Gasteiger partial charge >= 0.3 is 0 Å². The van der Waals surface area contributed by atoms with Crippen molar-refractivity contribution in [3.05, 3.63) is 136 Å². The van der Waals surface area contributed by atoms with E-state index in [9.17, 15) is 14.7 Å². The van der Waals surface area contributed by atoms with Gasteiger partial charge in [-0.05, 0) is 78.2 Å². The number of aromatic hydroxyl groups is 1. The number of ether oxygens (including phenoxy) is 2. The third kappa shape index (κ3) is 7.07. The second kappa shape index (κ2) is 15.5. The predicted octanol–water partition coefficient (Wildman–Crippen LogP) is 7.34. The first kappa shape index (κ1) is 35.7. The standard InChI is InChI=1S/C41H39ClN4O5.ClH/c42-30-10-15-35(40(48)45-25-29-7-5-4-6-28(29)22-33(45)26-43-16-19-50-20-17-43)36(23-30)38-24-37(39-27-51-21-18-44(38)39)41(49)46(31-8-2-1-3-9-31)32-11-13-34(47)14-12-32;/h1-15,23-24,33,47H,16-22,25-27H2;1H/t33-;/m0./s1. The summed E-state index contributed by atoms with van der Waals surface area (Å²) in [5.74, 6) is -0.209. The average molecular weight is 740 g/mol. The van der Waals surface area contributed by atoms with E-state index in [-0.39, 0.29) is 42.6 Å². The number of fused-ring (bicyclic) bond motifs is 2. The Labute approximate surface area is 314 Å². The lowest BCUT2D eigenvalue weighted by atomic mass is 9.92. The molecule has 5 aromatic rings. The van der Waals surface area contributed by atoms with E-state index in [1.807, 2.05) is 59.5 Å². The lowest BCUT2D eigenvalue weighted by molar-refractivity contribution is 0.0193. The van der Waals surface area contributed by atoms with Crippen molar-refractivity contribution in [2.45, 2.75) is 32.2 Å². The van der Waals surface area contributed by atoms with Crippen molar-refractivity contribution in [2.75, 3.05) is 44.4 Å². The van der Waals surface area contributed by atoms with Gasteiger partial charge in [0.1, 0.15) is 5.75 Å². The summed E-state index contributed by atoms with van der Waals surface area (Å²) < 4.78 is 13.6. The first-order chi connectivity index (χ1) is 24.9. The van der Waals surface area contributed by atoms with E-state index in [0.29, 0.717) is 66.0 Å². The maximum Gasteiger partial charge on any atom is 0.264 e. The van der Waals surface area contributed by atoms with Gasteiger partial charge < -0.3 is 24.0 Å². The first-order valence-corrected chi connectivity index (χ1v) is 17.8. The molecule has 1 aromatic heterocycles. The number of nitrogens with zero attached hydrogens (tertiary/aromatic N) is 4. The van der Waals surface area contributed by atoms with Gasteiger partial charge in [0.05, 0.1) is 43.4 Å². The summed E-state index contributed by atoms with van der Waals surface area (Å²) in [6.45, 7) is 5.56. The molecule has 9 nitrogen and oxygen atoms in total. The van der Waals surface area contributed by atoms with Crippen molar-refractivity contribution in [1.29, 1.82) is 0 Å². The zero-order valence-corrected chi connectivity index (χ0v) is 30.2. The van der Waals surface area contributed by atoms with E-state index in [0.717, 1.165) is 43.0 Å². The molecule has 2 amide bonds. The number of phenols is 1. The molecule has 3 aliphatic heterocycles. The Morgan fingerprint density at radius 1 is 0.788 bits per heavy atom.